The van der Waals surface area contributed by atoms with Crippen LogP contribution in [0, 0.1) is 0 Å². The molecule has 5 heteroatoms. The van der Waals surface area contributed by atoms with Crippen molar-refractivity contribution in [3.63, 3.8) is 0 Å². The summed E-state index contributed by atoms with van der Waals surface area (Å²) < 4.78 is 1.69. The molecular formula is C8H9N5. The zero-order chi connectivity index (χ0) is 9.26. The lowest BCUT2D eigenvalue weighted by Crippen LogP contribution is -1.96. The van der Waals surface area contributed by atoms with Gasteiger partial charge in [0.1, 0.15) is 12.1 Å². The van der Waals surface area contributed by atoms with E-state index in [1.165, 1.54) is 6.33 Å². The summed E-state index contributed by atoms with van der Waals surface area (Å²) in [7, 11) is 1.83. The van der Waals surface area contributed by atoms with Crippen LogP contribution in [0.4, 0.5) is 5.82 Å². The van der Waals surface area contributed by atoms with Gasteiger partial charge in [0.2, 0.25) is 0 Å². The van der Waals surface area contributed by atoms with E-state index in [1.54, 1.807) is 16.9 Å². The van der Waals surface area contributed by atoms with Gasteiger partial charge in [0.25, 0.3) is 0 Å². The number of aromatic nitrogens is 4. The molecule has 0 bridgehead atoms. The fraction of sp³-hybridized carbons (Fsp3) is 0.125. The van der Waals surface area contributed by atoms with Crippen molar-refractivity contribution in [3.8, 4) is 11.4 Å². The SMILES string of the molecule is Cn1ncnc1-c1ccnc(N)c1. The van der Waals surface area contributed by atoms with Gasteiger partial charge in [-0.3, -0.25) is 0 Å². The van der Waals surface area contributed by atoms with Crippen LogP contribution in [0.15, 0.2) is 24.7 Å². The second-order valence-electron chi connectivity index (χ2n) is 2.68. The molecule has 0 radical (unpaired) electrons. The molecule has 0 amide bonds. The Bertz CT molecular complexity index is 420. The van der Waals surface area contributed by atoms with E-state index in [0.717, 1.165) is 11.4 Å². The zero-order valence-corrected chi connectivity index (χ0v) is 7.18. The zero-order valence-electron chi connectivity index (χ0n) is 7.18. The molecule has 66 valence electrons. The molecule has 0 saturated heterocycles. The minimum Gasteiger partial charge on any atom is -0.384 e. The van der Waals surface area contributed by atoms with E-state index < -0.39 is 0 Å². The van der Waals surface area contributed by atoms with E-state index in [-0.39, 0.29) is 0 Å². The number of hydrogen-bond acceptors (Lipinski definition) is 4. The highest BCUT2D eigenvalue weighted by atomic mass is 15.3. The quantitative estimate of drug-likeness (QED) is 0.683. The summed E-state index contributed by atoms with van der Waals surface area (Å²) in [6.45, 7) is 0. The maximum Gasteiger partial charge on any atom is 0.157 e. The largest absolute Gasteiger partial charge is 0.384 e. The van der Waals surface area contributed by atoms with E-state index in [0.29, 0.717) is 5.82 Å². The Labute approximate surface area is 75.2 Å². The lowest BCUT2D eigenvalue weighted by atomic mass is 10.2. The van der Waals surface area contributed by atoms with Crippen LogP contribution < -0.4 is 5.73 Å². The molecule has 2 heterocycles. The Kier molecular flexibility index (Phi) is 1.70. The first kappa shape index (κ1) is 7.72. The fourth-order valence-corrected chi connectivity index (χ4v) is 1.15. The van der Waals surface area contributed by atoms with Crippen LogP contribution in [-0.2, 0) is 7.05 Å². The molecule has 0 unspecified atom stereocenters. The average molecular weight is 175 g/mol. The molecule has 5 nitrogen and oxygen atoms in total. The van der Waals surface area contributed by atoms with Crippen molar-refractivity contribution in [2.75, 3.05) is 5.73 Å². The minimum absolute atomic E-state index is 0.487. The standard InChI is InChI=1S/C8H9N5/c1-13-8(11-5-12-13)6-2-3-10-7(9)4-6/h2-5H,1H3,(H2,9,10). The van der Waals surface area contributed by atoms with Gasteiger partial charge in [0.05, 0.1) is 0 Å². The summed E-state index contributed by atoms with van der Waals surface area (Å²) in [6, 6.07) is 3.62. The first-order valence-corrected chi connectivity index (χ1v) is 3.83. The lowest BCUT2D eigenvalue weighted by Gasteiger charge is -1.99. The number of hydrogen-bond donors (Lipinski definition) is 1. The normalized spacial score (nSPS) is 10.2. The fourth-order valence-electron chi connectivity index (χ4n) is 1.15. The van der Waals surface area contributed by atoms with E-state index in [4.69, 9.17) is 5.73 Å². The Balaban J connectivity index is 2.53. The number of nitrogens with two attached hydrogens (primary N) is 1. The number of aryl methyl sites for hydroxylation is 1. The van der Waals surface area contributed by atoms with E-state index in [1.807, 2.05) is 13.1 Å². The van der Waals surface area contributed by atoms with Gasteiger partial charge >= 0.3 is 0 Å². The topological polar surface area (TPSA) is 69.6 Å². The molecule has 0 aliphatic rings. The summed E-state index contributed by atoms with van der Waals surface area (Å²) in [5.74, 6) is 1.27. The first-order valence-electron chi connectivity index (χ1n) is 3.83. The Morgan fingerprint density at radius 1 is 1.38 bits per heavy atom. The summed E-state index contributed by atoms with van der Waals surface area (Å²) in [6.07, 6.45) is 3.16. The summed E-state index contributed by atoms with van der Waals surface area (Å²) in [4.78, 5) is 8.00. The third kappa shape index (κ3) is 1.35. The van der Waals surface area contributed by atoms with Crippen LogP contribution in [0.5, 0.6) is 0 Å². The van der Waals surface area contributed by atoms with E-state index in [2.05, 4.69) is 15.1 Å². The van der Waals surface area contributed by atoms with Crippen LogP contribution in [0.1, 0.15) is 0 Å². The maximum atomic E-state index is 5.55. The van der Waals surface area contributed by atoms with Crippen molar-refractivity contribution < 1.29 is 0 Å². The van der Waals surface area contributed by atoms with Crippen LogP contribution in [0.25, 0.3) is 11.4 Å². The minimum atomic E-state index is 0.487. The second-order valence-corrected chi connectivity index (χ2v) is 2.68. The van der Waals surface area contributed by atoms with Gasteiger partial charge in [0, 0.05) is 18.8 Å². The smallest absolute Gasteiger partial charge is 0.157 e. The molecule has 2 N–H and O–H groups in total. The van der Waals surface area contributed by atoms with Gasteiger partial charge in [-0.05, 0) is 12.1 Å². The predicted octanol–water partition coefficient (Wildman–Crippen LogP) is 0.459. The molecule has 0 spiro atoms. The molecule has 0 aliphatic heterocycles. The van der Waals surface area contributed by atoms with Gasteiger partial charge in [0.15, 0.2) is 5.82 Å². The molecular weight excluding hydrogens is 166 g/mol. The van der Waals surface area contributed by atoms with Crippen molar-refractivity contribution in [2.24, 2.45) is 7.05 Å². The molecule has 0 atom stereocenters. The molecule has 0 saturated carbocycles. The molecule has 13 heavy (non-hydrogen) atoms. The Hall–Kier alpha value is -1.91. The highest BCUT2D eigenvalue weighted by Crippen LogP contribution is 2.15. The van der Waals surface area contributed by atoms with Gasteiger partial charge in [-0.25, -0.2) is 14.6 Å². The first-order chi connectivity index (χ1) is 6.27. The number of nitrogen functional groups attached to an aromatic ring is 1. The molecule has 2 aromatic heterocycles. The van der Waals surface area contributed by atoms with Crippen LogP contribution in [0.3, 0.4) is 0 Å². The van der Waals surface area contributed by atoms with Gasteiger partial charge in [-0.2, -0.15) is 5.10 Å². The second kappa shape index (κ2) is 2.85. The third-order valence-corrected chi connectivity index (χ3v) is 1.75. The molecule has 0 aromatic carbocycles. The molecule has 0 aliphatic carbocycles. The van der Waals surface area contributed by atoms with Crippen LogP contribution in [0.2, 0.25) is 0 Å². The predicted molar refractivity (Wildman–Crippen MR) is 48.6 cm³/mol. The molecule has 2 rings (SSSR count). The van der Waals surface area contributed by atoms with Crippen molar-refractivity contribution in [1.82, 2.24) is 19.7 Å². The average Bonchev–Trinajstić information content (AvgIpc) is 2.51. The van der Waals surface area contributed by atoms with Gasteiger partial charge in [-0.15, -0.1) is 0 Å². The van der Waals surface area contributed by atoms with E-state index in [9.17, 15) is 0 Å². The summed E-state index contributed by atoms with van der Waals surface area (Å²) in [5.41, 5.74) is 6.47. The monoisotopic (exact) mass is 175 g/mol. The van der Waals surface area contributed by atoms with Crippen LogP contribution in [-0.4, -0.2) is 19.7 Å². The maximum absolute atomic E-state index is 5.55. The molecule has 2 aromatic rings. The third-order valence-electron chi connectivity index (χ3n) is 1.75. The van der Waals surface area contributed by atoms with Crippen molar-refractivity contribution >= 4 is 5.82 Å². The highest BCUT2D eigenvalue weighted by molar-refractivity contribution is 5.58. The number of pyridine rings is 1. The summed E-state index contributed by atoms with van der Waals surface area (Å²) in [5, 5.41) is 3.97. The van der Waals surface area contributed by atoms with Gasteiger partial charge < -0.3 is 5.73 Å². The number of nitrogens with zero attached hydrogens (tertiary/aromatic N) is 4. The highest BCUT2D eigenvalue weighted by Gasteiger charge is 2.03. The Morgan fingerprint density at radius 3 is 2.85 bits per heavy atom. The number of anilines is 1. The van der Waals surface area contributed by atoms with Gasteiger partial charge in [-0.1, -0.05) is 0 Å². The van der Waals surface area contributed by atoms with Crippen molar-refractivity contribution in [3.05, 3.63) is 24.7 Å². The molecule has 0 fully saturated rings. The van der Waals surface area contributed by atoms with Crippen LogP contribution >= 0.6 is 0 Å². The van der Waals surface area contributed by atoms with Crippen molar-refractivity contribution in [1.29, 1.82) is 0 Å². The summed E-state index contributed by atoms with van der Waals surface area (Å²) >= 11 is 0. The lowest BCUT2D eigenvalue weighted by molar-refractivity contribution is 0.774. The van der Waals surface area contributed by atoms with E-state index >= 15 is 0 Å². The van der Waals surface area contributed by atoms with Crippen molar-refractivity contribution in [2.45, 2.75) is 0 Å². The Morgan fingerprint density at radius 2 is 2.23 bits per heavy atom. The number of rotatable bonds is 1.